The van der Waals surface area contributed by atoms with Gasteiger partial charge in [0.1, 0.15) is 6.61 Å². The van der Waals surface area contributed by atoms with E-state index in [0.717, 1.165) is 28.2 Å². The lowest BCUT2D eigenvalue weighted by atomic mass is 10.1. The summed E-state index contributed by atoms with van der Waals surface area (Å²) in [4.78, 5) is 21.7. The summed E-state index contributed by atoms with van der Waals surface area (Å²) in [6.45, 7) is 6.93. The molecule has 28 heavy (non-hydrogen) atoms. The van der Waals surface area contributed by atoms with E-state index in [-0.39, 0.29) is 13.2 Å². The largest absolute Gasteiger partial charge is 0.485 e. The summed E-state index contributed by atoms with van der Waals surface area (Å²) in [6, 6.07) is 9.51. The number of methoxy groups -OCH3 is 1. The summed E-state index contributed by atoms with van der Waals surface area (Å²) in [5.41, 5.74) is 5.34. The number of benzene rings is 1. The van der Waals surface area contributed by atoms with Crippen molar-refractivity contribution in [1.29, 1.82) is 0 Å². The molecule has 0 fully saturated rings. The molecule has 148 valence electrons. The first-order valence-corrected chi connectivity index (χ1v) is 9.08. The van der Waals surface area contributed by atoms with E-state index in [2.05, 4.69) is 4.98 Å². The van der Waals surface area contributed by atoms with Crippen molar-refractivity contribution in [1.82, 2.24) is 9.38 Å². The highest BCUT2D eigenvalue weighted by atomic mass is 16.7. The standard InChI is InChI=1S/C21H25N3O4/c1-15-7-5-8-19(24(14-25)28-12-11-26-4)18(15)13-27-20-9-6-10-23-17(3)16(2)22-21(20)23/h5-10,14H,11-13H2,1-4H3. The SMILES string of the molecule is COCCON(C=O)c1cccc(C)c1COc1cccn2c(C)c(C)nc12. The van der Waals surface area contributed by atoms with Crippen molar-refractivity contribution in [3.8, 4) is 5.75 Å². The fraction of sp³-hybridized carbons (Fsp3) is 0.333. The number of aryl methyl sites for hydroxylation is 3. The van der Waals surface area contributed by atoms with Crippen LogP contribution < -0.4 is 9.80 Å². The van der Waals surface area contributed by atoms with Crippen LogP contribution >= 0.6 is 0 Å². The summed E-state index contributed by atoms with van der Waals surface area (Å²) >= 11 is 0. The Bertz CT molecular complexity index is 968. The van der Waals surface area contributed by atoms with Gasteiger partial charge in [0, 0.05) is 24.6 Å². The predicted molar refractivity (Wildman–Crippen MR) is 107 cm³/mol. The number of ether oxygens (including phenoxy) is 2. The fourth-order valence-corrected chi connectivity index (χ4v) is 2.99. The Morgan fingerprint density at radius 3 is 2.71 bits per heavy atom. The average Bonchev–Trinajstić information content (AvgIpc) is 2.99. The molecule has 3 aromatic rings. The van der Waals surface area contributed by atoms with Gasteiger partial charge in [-0.1, -0.05) is 12.1 Å². The van der Waals surface area contributed by atoms with Gasteiger partial charge in [-0.2, -0.15) is 5.06 Å². The van der Waals surface area contributed by atoms with Crippen LogP contribution in [0.1, 0.15) is 22.5 Å². The Labute approximate surface area is 164 Å². The number of fused-ring (bicyclic) bond motifs is 1. The number of hydrogen-bond acceptors (Lipinski definition) is 5. The van der Waals surface area contributed by atoms with Gasteiger partial charge in [-0.15, -0.1) is 0 Å². The normalized spacial score (nSPS) is 11.0. The number of hydroxylamine groups is 1. The second-order valence-electron chi connectivity index (χ2n) is 6.47. The van der Waals surface area contributed by atoms with Gasteiger partial charge in [-0.05, 0) is 44.5 Å². The molecule has 2 aromatic heterocycles. The molecule has 0 spiro atoms. The second kappa shape index (κ2) is 8.86. The van der Waals surface area contributed by atoms with Crippen molar-refractivity contribution >= 4 is 17.7 Å². The highest BCUT2D eigenvalue weighted by Gasteiger charge is 2.16. The summed E-state index contributed by atoms with van der Waals surface area (Å²) in [6.07, 6.45) is 2.62. The number of carbonyl (C=O) groups is 1. The molecule has 1 amide bonds. The Morgan fingerprint density at radius 2 is 1.96 bits per heavy atom. The maximum Gasteiger partial charge on any atom is 0.238 e. The number of pyridine rings is 1. The van der Waals surface area contributed by atoms with Crippen LogP contribution in [0.25, 0.3) is 5.65 Å². The van der Waals surface area contributed by atoms with E-state index >= 15 is 0 Å². The number of hydrogen-bond donors (Lipinski definition) is 0. The fourth-order valence-electron chi connectivity index (χ4n) is 2.99. The number of aromatic nitrogens is 2. The van der Waals surface area contributed by atoms with Gasteiger partial charge in [0.25, 0.3) is 0 Å². The zero-order valence-corrected chi connectivity index (χ0v) is 16.6. The molecule has 3 rings (SSSR count). The first-order valence-electron chi connectivity index (χ1n) is 9.08. The lowest BCUT2D eigenvalue weighted by molar-refractivity contribution is -0.114. The number of amides is 1. The minimum absolute atomic E-state index is 0.273. The first kappa shape index (κ1) is 19.9. The van der Waals surface area contributed by atoms with E-state index in [1.165, 1.54) is 5.06 Å². The van der Waals surface area contributed by atoms with E-state index in [4.69, 9.17) is 14.3 Å². The molecule has 7 nitrogen and oxygen atoms in total. The van der Waals surface area contributed by atoms with Gasteiger partial charge in [-0.25, -0.2) is 4.98 Å². The minimum Gasteiger partial charge on any atom is -0.485 e. The number of rotatable bonds is 9. The average molecular weight is 383 g/mol. The smallest absolute Gasteiger partial charge is 0.238 e. The van der Waals surface area contributed by atoms with Crippen LogP contribution in [0, 0.1) is 20.8 Å². The van der Waals surface area contributed by atoms with E-state index in [9.17, 15) is 4.79 Å². The van der Waals surface area contributed by atoms with Crippen molar-refractivity contribution in [2.45, 2.75) is 27.4 Å². The Hall–Kier alpha value is -2.90. The minimum atomic E-state index is 0.273. The van der Waals surface area contributed by atoms with Crippen molar-refractivity contribution < 1.29 is 19.1 Å². The zero-order valence-electron chi connectivity index (χ0n) is 16.6. The van der Waals surface area contributed by atoms with Crippen LogP contribution in [-0.4, -0.2) is 36.1 Å². The molecule has 0 radical (unpaired) electrons. The molecule has 0 aliphatic heterocycles. The van der Waals surface area contributed by atoms with Gasteiger partial charge >= 0.3 is 0 Å². The van der Waals surface area contributed by atoms with Crippen LogP contribution in [-0.2, 0) is 21.0 Å². The van der Waals surface area contributed by atoms with Crippen LogP contribution in [0.5, 0.6) is 5.75 Å². The highest BCUT2D eigenvalue weighted by molar-refractivity contribution is 5.75. The van der Waals surface area contributed by atoms with Gasteiger partial charge < -0.3 is 13.9 Å². The maximum absolute atomic E-state index is 11.6. The lowest BCUT2D eigenvalue weighted by Gasteiger charge is -2.21. The summed E-state index contributed by atoms with van der Waals surface area (Å²) in [5, 5.41) is 1.22. The monoisotopic (exact) mass is 383 g/mol. The van der Waals surface area contributed by atoms with E-state index in [1.54, 1.807) is 7.11 Å². The Morgan fingerprint density at radius 1 is 1.14 bits per heavy atom. The lowest BCUT2D eigenvalue weighted by Crippen LogP contribution is -2.25. The van der Waals surface area contributed by atoms with Crippen molar-refractivity contribution in [2.75, 3.05) is 25.4 Å². The van der Waals surface area contributed by atoms with Crippen molar-refractivity contribution in [2.24, 2.45) is 0 Å². The summed E-state index contributed by atoms with van der Waals surface area (Å²) < 4.78 is 13.1. The van der Waals surface area contributed by atoms with E-state index < -0.39 is 0 Å². The molecular weight excluding hydrogens is 358 g/mol. The molecule has 2 heterocycles. The molecule has 0 saturated heterocycles. The number of anilines is 1. The van der Waals surface area contributed by atoms with Gasteiger partial charge in [0.2, 0.25) is 6.41 Å². The topological polar surface area (TPSA) is 65.3 Å². The molecular formula is C21H25N3O4. The Balaban J connectivity index is 1.87. The molecule has 0 atom stereocenters. The van der Waals surface area contributed by atoms with Gasteiger partial charge in [0.05, 0.1) is 24.6 Å². The molecule has 0 unspecified atom stereocenters. The van der Waals surface area contributed by atoms with Crippen LogP contribution in [0.4, 0.5) is 5.69 Å². The molecule has 0 bridgehead atoms. The number of imidazole rings is 1. The number of carbonyl (C=O) groups excluding carboxylic acids is 1. The Kier molecular flexibility index (Phi) is 6.28. The molecule has 0 N–H and O–H groups in total. The highest BCUT2D eigenvalue weighted by Crippen LogP contribution is 2.27. The molecule has 0 aliphatic rings. The van der Waals surface area contributed by atoms with Gasteiger partial charge in [0.15, 0.2) is 11.4 Å². The summed E-state index contributed by atoms with van der Waals surface area (Å²) in [5.74, 6) is 0.686. The van der Waals surface area contributed by atoms with E-state index in [0.29, 0.717) is 24.5 Å². The first-order chi connectivity index (χ1) is 13.6. The summed E-state index contributed by atoms with van der Waals surface area (Å²) in [7, 11) is 1.58. The third kappa shape index (κ3) is 4.00. The molecule has 0 saturated carbocycles. The van der Waals surface area contributed by atoms with Crippen molar-refractivity contribution in [3.63, 3.8) is 0 Å². The second-order valence-corrected chi connectivity index (χ2v) is 6.47. The molecule has 7 heteroatoms. The number of nitrogens with zero attached hydrogens (tertiary/aromatic N) is 3. The van der Waals surface area contributed by atoms with Crippen molar-refractivity contribution in [3.05, 3.63) is 59.0 Å². The van der Waals surface area contributed by atoms with Crippen LogP contribution in [0.15, 0.2) is 36.5 Å². The zero-order chi connectivity index (χ0) is 20.1. The third-order valence-corrected chi connectivity index (χ3v) is 4.70. The molecule has 0 aliphatic carbocycles. The maximum atomic E-state index is 11.6. The third-order valence-electron chi connectivity index (χ3n) is 4.70. The van der Waals surface area contributed by atoms with Crippen LogP contribution in [0.3, 0.4) is 0 Å². The molecule has 1 aromatic carbocycles. The van der Waals surface area contributed by atoms with E-state index in [1.807, 2.05) is 61.7 Å². The van der Waals surface area contributed by atoms with Gasteiger partial charge in [-0.3, -0.25) is 9.63 Å². The van der Waals surface area contributed by atoms with Crippen LogP contribution in [0.2, 0.25) is 0 Å². The predicted octanol–water partition coefficient (Wildman–Crippen LogP) is 3.38. The quantitative estimate of drug-likeness (QED) is 0.322.